The van der Waals surface area contributed by atoms with Crippen molar-refractivity contribution in [2.45, 2.75) is 24.6 Å². The molecule has 0 unspecified atom stereocenters. The zero-order valence-corrected chi connectivity index (χ0v) is 22.3. The Kier molecular flexibility index (Phi) is 6.66. The largest absolute Gasteiger partial charge is 0.437 e. The van der Waals surface area contributed by atoms with Gasteiger partial charge in [0.1, 0.15) is 11.4 Å². The van der Waals surface area contributed by atoms with Gasteiger partial charge in [-0.05, 0) is 48.5 Å². The van der Waals surface area contributed by atoms with Crippen LogP contribution >= 0.6 is 0 Å². The van der Waals surface area contributed by atoms with Crippen molar-refractivity contribution in [3.63, 3.8) is 0 Å². The van der Waals surface area contributed by atoms with E-state index in [0.29, 0.717) is 17.7 Å². The van der Waals surface area contributed by atoms with E-state index in [1.165, 1.54) is 36.5 Å². The summed E-state index contributed by atoms with van der Waals surface area (Å²) in [6.45, 7) is -0.0653. The molecule has 4 aromatic rings. The average Bonchev–Trinajstić information content (AvgIpc) is 3.43. The second-order valence-corrected chi connectivity index (χ2v) is 10.2. The first-order valence-electron chi connectivity index (χ1n) is 13.0. The molecule has 14 heteroatoms. The molecule has 4 heterocycles. The summed E-state index contributed by atoms with van der Waals surface area (Å²) in [5, 5.41) is 4.28. The van der Waals surface area contributed by atoms with E-state index in [4.69, 9.17) is 4.74 Å². The number of fused-ring (bicyclic) bond motifs is 2. The number of alkyl halides is 3. The summed E-state index contributed by atoms with van der Waals surface area (Å²) in [5.41, 5.74) is -2.58. The van der Waals surface area contributed by atoms with E-state index in [0.717, 1.165) is 21.7 Å². The number of piperidine rings is 1. The van der Waals surface area contributed by atoms with Gasteiger partial charge in [0.05, 0.1) is 28.2 Å². The van der Waals surface area contributed by atoms with Crippen molar-refractivity contribution in [3.05, 3.63) is 95.2 Å². The molecule has 0 aliphatic carbocycles. The molecule has 1 spiro atoms. The van der Waals surface area contributed by atoms with Crippen molar-refractivity contribution >= 4 is 17.7 Å². The van der Waals surface area contributed by atoms with Crippen molar-refractivity contribution < 1.29 is 40.7 Å². The fourth-order valence-corrected chi connectivity index (χ4v) is 5.49. The maximum atomic E-state index is 15.0. The highest BCUT2D eigenvalue weighted by Gasteiger charge is 2.49. The molecular formula is C29H21F6N5O3. The van der Waals surface area contributed by atoms with Crippen LogP contribution in [0.2, 0.25) is 0 Å². The first-order valence-corrected chi connectivity index (χ1v) is 13.0. The van der Waals surface area contributed by atoms with Crippen molar-refractivity contribution in [1.82, 2.24) is 19.7 Å². The third kappa shape index (κ3) is 4.76. The fraction of sp³-hybridized carbons (Fsp3) is 0.241. The van der Waals surface area contributed by atoms with Crippen LogP contribution in [0.1, 0.15) is 34.5 Å². The van der Waals surface area contributed by atoms with Crippen LogP contribution in [0.4, 0.5) is 36.8 Å². The maximum Gasteiger partial charge on any atom is 0.419 e. The Hall–Kier alpha value is -4.88. The Balaban J connectivity index is 1.34. The highest BCUT2D eigenvalue weighted by Crippen LogP contribution is 2.47. The van der Waals surface area contributed by atoms with Gasteiger partial charge in [0.25, 0.3) is 5.91 Å². The number of likely N-dealkylation sites (tertiary alicyclic amines) is 1. The smallest absolute Gasteiger partial charge is 0.419 e. The lowest BCUT2D eigenvalue weighted by Crippen LogP contribution is -2.52. The lowest BCUT2D eigenvalue weighted by Gasteiger charge is -2.46. The number of anilines is 1. The monoisotopic (exact) mass is 601 g/mol. The molecule has 0 atom stereocenters. The van der Waals surface area contributed by atoms with Crippen molar-refractivity contribution in [3.8, 4) is 16.9 Å². The number of aromatic nitrogens is 3. The minimum atomic E-state index is -4.97. The van der Waals surface area contributed by atoms with Crippen LogP contribution in [0.25, 0.3) is 16.9 Å². The van der Waals surface area contributed by atoms with E-state index in [2.05, 4.69) is 10.1 Å². The molecule has 222 valence electrons. The fourth-order valence-electron chi connectivity index (χ4n) is 5.49. The number of rotatable bonds is 3. The normalized spacial score (nSPS) is 16.3. The predicted molar refractivity (Wildman–Crippen MR) is 140 cm³/mol. The molecule has 0 saturated carbocycles. The number of amides is 2. The van der Waals surface area contributed by atoms with Crippen LogP contribution in [-0.4, -0.2) is 51.8 Å². The molecule has 2 aliphatic rings. The first kappa shape index (κ1) is 28.2. The number of halogens is 6. The van der Waals surface area contributed by atoms with Gasteiger partial charge in [0.2, 0.25) is 0 Å². The lowest BCUT2D eigenvalue weighted by atomic mass is 9.81. The third-order valence-electron chi connectivity index (χ3n) is 7.69. The SMILES string of the molecule is CN1C(=O)OC2(CCN(C(=O)c3cc(-c4cccnc4)n(-c4ccc(F)c(C(F)(F)F)c4)n3)CC2)c2c1ccc(F)c2F. The molecular weight excluding hydrogens is 580 g/mol. The molecule has 2 aromatic carbocycles. The van der Waals surface area contributed by atoms with Gasteiger partial charge in [0, 0.05) is 50.9 Å². The summed E-state index contributed by atoms with van der Waals surface area (Å²) in [4.78, 5) is 32.7. The average molecular weight is 602 g/mol. The number of carbonyl (C=O) groups excluding carboxylic acids is 2. The highest BCUT2D eigenvalue weighted by molar-refractivity contribution is 5.94. The van der Waals surface area contributed by atoms with Gasteiger partial charge in [-0.15, -0.1) is 0 Å². The summed E-state index contributed by atoms with van der Waals surface area (Å²) in [5.74, 6) is -4.31. The molecule has 0 bridgehead atoms. The van der Waals surface area contributed by atoms with Crippen molar-refractivity contribution in [1.29, 1.82) is 0 Å². The van der Waals surface area contributed by atoms with Crippen molar-refractivity contribution in [2.24, 2.45) is 0 Å². The first-order chi connectivity index (χ1) is 20.4. The summed E-state index contributed by atoms with van der Waals surface area (Å²) in [6.07, 6.45) is -2.90. The van der Waals surface area contributed by atoms with E-state index in [1.807, 2.05) is 0 Å². The lowest BCUT2D eigenvalue weighted by molar-refractivity contribution is -0.140. The zero-order chi connectivity index (χ0) is 30.7. The van der Waals surface area contributed by atoms with Crippen LogP contribution in [0.5, 0.6) is 0 Å². The molecule has 1 fully saturated rings. The Labute approximate surface area is 240 Å². The zero-order valence-electron chi connectivity index (χ0n) is 22.3. The summed E-state index contributed by atoms with van der Waals surface area (Å²) < 4.78 is 90.4. The number of carbonyl (C=O) groups is 2. The number of nitrogens with zero attached hydrogens (tertiary/aromatic N) is 5. The predicted octanol–water partition coefficient (Wildman–Crippen LogP) is 6.09. The Bertz CT molecular complexity index is 1750. The van der Waals surface area contributed by atoms with E-state index >= 15 is 4.39 Å². The summed E-state index contributed by atoms with van der Waals surface area (Å²) >= 11 is 0. The minimum absolute atomic E-state index is 0.0327. The molecule has 43 heavy (non-hydrogen) atoms. The summed E-state index contributed by atoms with van der Waals surface area (Å²) in [6, 6.07) is 9.17. The topological polar surface area (TPSA) is 80.6 Å². The second kappa shape index (κ2) is 10.1. The number of hydrogen-bond donors (Lipinski definition) is 0. The standard InChI is InChI=1S/C29H21F6N5O3/c1-38-22-7-6-20(31)25(32)24(22)28(43-27(38)42)8-11-39(12-9-28)26(41)21-14-23(16-3-2-10-36-15-16)40(37-21)17-4-5-19(30)18(13-17)29(33,34)35/h2-7,10,13-15H,8-9,11-12H2,1H3. The number of hydrogen-bond acceptors (Lipinski definition) is 5. The maximum absolute atomic E-state index is 15.0. The van der Waals surface area contributed by atoms with E-state index in [9.17, 15) is 31.5 Å². The van der Waals surface area contributed by atoms with E-state index in [1.54, 1.807) is 12.1 Å². The number of ether oxygens (including phenoxy) is 1. The quantitative estimate of drug-likeness (QED) is 0.266. The second-order valence-electron chi connectivity index (χ2n) is 10.2. The van der Waals surface area contributed by atoms with Gasteiger partial charge in [-0.25, -0.2) is 22.6 Å². The Morgan fingerprint density at radius 2 is 1.72 bits per heavy atom. The third-order valence-corrected chi connectivity index (χ3v) is 7.69. The molecule has 2 aliphatic heterocycles. The van der Waals surface area contributed by atoms with Gasteiger partial charge in [0.15, 0.2) is 17.3 Å². The number of pyridine rings is 1. The molecule has 6 rings (SSSR count). The molecule has 0 radical (unpaired) electrons. The van der Waals surface area contributed by atoms with Crippen LogP contribution in [-0.2, 0) is 16.5 Å². The molecule has 0 N–H and O–H groups in total. The van der Waals surface area contributed by atoms with E-state index in [-0.39, 0.29) is 54.3 Å². The van der Waals surface area contributed by atoms with Crippen molar-refractivity contribution in [2.75, 3.05) is 25.0 Å². The van der Waals surface area contributed by atoms with Gasteiger partial charge in [-0.1, -0.05) is 0 Å². The molecule has 8 nitrogen and oxygen atoms in total. The minimum Gasteiger partial charge on any atom is -0.437 e. The van der Waals surface area contributed by atoms with Crippen LogP contribution in [0.15, 0.2) is 60.9 Å². The van der Waals surface area contributed by atoms with Crippen LogP contribution in [0.3, 0.4) is 0 Å². The van der Waals surface area contributed by atoms with Gasteiger partial charge < -0.3 is 9.64 Å². The van der Waals surface area contributed by atoms with Crippen LogP contribution < -0.4 is 4.90 Å². The number of benzene rings is 2. The van der Waals surface area contributed by atoms with E-state index < -0.39 is 46.8 Å². The van der Waals surface area contributed by atoms with Gasteiger partial charge in [-0.3, -0.25) is 14.7 Å². The van der Waals surface area contributed by atoms with Crippen LogP contribution in [0, 0.1) is 17.5 Å². The van der Waals surface area contributed by atoms with Gasteiger partial charge >= 0.3 is 12.3 Å². The Morgan fingerprint density at radius 3 is 2.40 bits per heavy atom. The molecule has 2 aromatic heterocycles. The van der Waals surface area contributed by atoms with Gasteiger partial charge in [-0.2, -0.15) is 18.3 Å². The summed E-state index contributed by atoms with van der Waals surface area (Å²) in [7, 11) is 1.37. The highest BCUT2D eigenvalue weighted by atomic mass is 19.4. The Morgan fingerprint density at radius 1 is 1.00 bits per heavy atom. The molecule has 2 amide bonds. The molecule has 1 saturated heterocycles.